The maximum absolute atomic E-state index is 12.9. The summed E-state index contributed by atoms with van der Waals surface area (Å²) in [7, 11) is 4.76. The predicted molar refractivity (Wildman–Crippen MR) is 108 cm³/mol. The Labute approximate surface area is 163 Å². The van der Waals surface area contributed by atoms with Gasteiger partial charge in [-0.1, -0.05) is 12.1 Å². The molecule has 2 aromatic rings. The second-order valence-electron chi connectivity index (χ2n) is 6.78. The lowest BCUT2D eigenvalue weighted by Crippen LogP contribution is -2.22. The van der Waals surface area contributed by atoms with E-state index in [4.69, 9.17) is 14.2 Å². The summed E-state index contributed by atoms with van der Waals surface area (Å²) in [5, 5.41) is 3.42. The van der Waals surface area contributed by atoms with E-state index >= 15 is 0 Å². The Kier molecular flexibility index (Phi) is 4.77. The Bertz CT molecular complexity index is 969. The van der Waals surface area contributed by atoms with E-state index in [9.17, 15) is 4.79 Å². The summed E-state index contributed by atoms with van der Waals surface area (Å²) >= 11 is 0. The van der Waals surface area contributed by atoms with E-state index in [0.717, 1.165) is 22.6 Å². The molecular formula is C22H22N2O4. The third kappa shape index (κ3) is 3.11. The first kappa shape index (κ1) is 18.1. The maximum Gasteiger partial charge on any atom is 0.203 e. The molecule has 0 spiro atoms. The van der Waals surface area contributed by atoms with Gasteiger partial charge in [-0.25, -0.2) is 0 Å². The van der Waals surface area contributed by atoms with E-state index in [0.29, 0.717) is 35.7 Å². The summed E-state index contributed by atoms with van der Waals surface area (Å²) in [5.74, 6) is 1.80. The number of para-hydroxylation sites is 2. The van der Waals surface area contributed by atoms with Crippen LogP contribution in [0.3, 0.4) is 0 Å². The Hall–Kier alpha value is -3.28. The SMILES string of the molecule is COc1cc(C2CC(=O)C3=C(C2)Nc2ccccc2N=C3)cc(OC)c1OC. The van der Waals surface area contributed by atoms with Crippen LogP contribution in [0.1, 0.15) is 24.3 Å². The van der Waals surface area contributed by atoms with Crippen molar-refractivity contribution in [2.75, 3.05) is 26.6 Å². The smallest absolute Gasteiger partial charge is 0.203 e. The number of carbonyl (C=O) groups excluding carboxylic acids is 1. The van der Waals surface area contributed by atoms with E-state index in [1.54, 1.807) is 27.5 Å². The van der Waals surface area contributed by atoms with Crippen LogP contribution in [0.2, 0.25) is 0 Å². The van der Waals surface area contributed by atoms with E-state index in [2.05, 4.69) is 10.3 Å². The molecule has 0 aromatic heterocycles. The minimum Gasteiger partial charge on any atom is -0.493 e. The first-order valence-corrected chi connectivity index (χ1v) is 9.11. The Morgan fingerprint density at radius 3 is 2.39 bits per heavy atom. The number of carbonyl (C=O) groups is 1. The topological polar surface area (TPSA) is 69.2 Å². The lowest BCUT2D eigenvalue weighted by molar-refractivity contribution is -0.115. The van der Waals surface area contributed by atoms with Crippen molar-refractivity contribution < 1.29 is 19.0 Å². The molecule has 1 aliphatic heterocycles. The molecule has 0 fully saturated rings. The number of rotatable bonds is 4. The minimum absolute atomic E-state index is 0.00567. The monoisotopic (exact) mass is 378 g/mol. The molecule has 1 atom stereocenters. The molecule has 6 heteroatoms. The highest BCUT2D eigenvalue weighted by molar-refractivity contribution is 6.16. The minimum atomic E-state index is 0.00567. The predicted octanol–water partition coefficient (Wildman–Crippen LogP) is 4.24. The third-order valence-electron chi connectivity index (χ3n) is 5.19. The second kappa shape index (κ2) is 7.38. The van der Waals surface area contributed by atoms with Crippen molar-refractivity contribution in [3.63, 3.8) is 0 Å². The van der Waals surface area contributed by atoms with Gasteiger partial charge < -0.3 is 19.5 Å². The molecule has 0 amide bonds. The summed E-state index contributed by atoms with van der Waals surface area (Å²) in [5.41, 5.74) is 4.25. The number of anilines is 1. The van der Waals surface area contributed by atoms with Gasteiger partial charge in [0.05, 0.1) is 38.3 Å². The fraction of sp³-hybridized carbons (Fsp3) is 0.273. The first-order valence-electron chi connectivity index (χ1n) is 9.11. The van der Waals surface area contributed by atoms with Gasteiger partial charge in [0.15, 0.2) is 17.3 Å². The lowest BCUT2D eigenvalue weighted by Gasteiger charge is -2.26. The zero-order valence-electron chi connectivity index (χ0n) is 16.1. The summed E-state index contributed by atoms with van der Waals surface area (Å²) in [6, 6.07) is 11.6. The third-order valence-corrected chi connectivity index (χ3v) is 5.19. The number of allylic oxidation sites excluding steroid dienone is 2. The molecular weight excluding hydrogens is 356 g/mol. The van der Waals surface area contributed by atoms with Gasteiger partial charge >= 0.3 is 0 Å². The number of fused-ring (bicyclic) bond motifs is 1. The summed E-state index contributed by atoms with van der Waals surface area (Å²) < 4.78 is 16.4. The van der Waals surface area contributed by atoms with Crippen LogP contribution in [0.5, 0.6) is 17.2 Å². The van der Waals surface area contributed by atoms with Gasteiger partial charge in [0.25, 0.3) is 0 Å². The van der Waals surface area contributed by atoms with Crippen LogP contribution >= 0.6 is 0 Å². The quantitative estimate of drug-likeness (QED) is 0.862. The molecule has 6 nitrogen and oxygen atoms in total. The number of methoxy groups -OCH3 is 3. The van der Waals surface area contributed by atoms with Crippen LogP contribution in [0.4, 0.5) is 11.4 Å². The Balaban J connectivity index is 1.71. The van der Waals surface area contributed by atoms with Crippen molar-refractivity contribution in [3.05, 3.63) is 53.2 Å². The molecule has 144 valence electrons. The first-order chi connectivity index (χ1) is 13.6. The van der Waals surface area contributed by atoms with Gasteiger partial charge in [0.1, 0.15) is 0 Å². The van der Waals surface area contributed by atoms with Crippen LogP contribution in [0.25, 0.3) is 0 Å². The van der Waals surface area contributed by atoms with Gasteiger partial charge in [-0.15, -0.1) is 0 Å². The standard InChI is InChI=1S/C22H22N2O4/c1-26-20-10-14(11-21(27-2)22(20)28-3)13-8-18-15(19(25)9-13)12-23-16-6-4-5-7-17(16)24-18/h4-7,10-13,24H,8-9H2,1-3H3. The number of benzene rings is 2. The number of hydrogen-bond acceptors (Lipinski definition) is 6. The number of nitrogens with zero attached hydrogens (tertiary/aromatic N) is 1. The van der Waals surface area contributed by atoms with Crippen molar-refractivity contribution >= 4 is 23.4 Å². The molecule has 1 aliphatic carbocycles. The molecule has 2 aromatic carbocycles. The molecule has 4 rings (SSSR count). The largest absolute Gasteiger partial charge is 0.493 e. The maximum atomic E-state index is 12.9. The van der Waals surface area contributed by atoms with Gasteiger partial charge in [0, 0.05) is 18.3 Å². The van der Waals surface area contributed by atoms with Gasteiger partial charge in [0.2, 0.25) is 5.75 Å². The highest BCUT2D eigenvalue weighted by atomic mass is 16.5. The molecule has 2 aliphatic rings. The Morgan fingerprint density at radius 1 is 1.00 bits per heavy atom. The number of hydrogen-bond donors (Lipinski definition) is 1. The van der Waals surface area contributed by atoms with E-state index < -0.39 is 0 Å². The van der Waals surface area contributed by atoms with E-state index in [1.807, 2.05) is 36.4 Å². The molecule has 1 unspecified atom stereocenters. The molecule has 0 radical (unpaired) electrons. The molecule has 1 N–H and O–H groups in total. The van der Waals surface area contributed by atoms with Crippen LogP contribution in [-0.2, 0) is 4.79 Å². The van der Waals surface area contributed by atoms with Gasteiger partial charge in [-0.2, -0.15) is 0 Å². The normalized spacial score (nSPS) is 18.0. The highest BCUT2D eigenvalue weighted by Gasteiger charge is 2.30. The van der Waals surface area contributed by atoms with E-state index in [-0.39, 0.29) is 11.7 Å². The Morgan fingerprint density at radius 2 is 1.71 bits per heavy atom. The van der Waals surface area contributed by atoms with Crippen molar-refractivity contribution in [2.45, 2.75) is 18.8 Å². The molecule has 1 heterocycles. The molecule has 0 bridgehead atoms. The lowest BCUT2D eigenvalue weighted by atomic mass is 9.82. The molecule has 0 saturated carbocycles. The summed E-state index contributed by atoms with van der Waals surface area (Å²) in [4.78, 5) is 17.3. The highest BCUT2D eigenvalue weighted by Crippen LogP contribution is 2.44. The average Bonchev–Trinajstić information content (AvgIpc) is 2.92. The van der Waals surface area contributed by atoms with Gasteiger partial charge in [-0.05, 0) is 42.2 Å². The van der Waals surface area contributed by atoms with Crippen LogP contribution < -0.4 is 19.5 Å². The van der Waals surface area contributed by atoms with Crippen LogP contribution in [-0.4, -0.2) is 33.3 Å². The number of nitrogens with one attached hydrogen (secondary N) is 1. The zero-order chi connectivity index (χ0) is 19.7. The summed E-state index contributed by atoms with van der Waals surface area (Å²) in [6.07, 6.45) is 2.78. The number of Topliss-reactive ketones (excluding diaryl/α,β-unsaturated/α-hetero) is 1. The molecule has 28 heavy (non-hydrogen) atoms. The number of ether oxygens (including phenoxy) is 3. The molecule has 0 saturated heterocycles. The van der Waals surface area contributed by atoms with Crippen LogP contribution in [0.15, 0.2) is 52.7 Å². The van der Waals surface area contributed by atoms with Crippen LogP contribution in [0, 0.1) is 0 Å². The number of ketones is 1. The van der Waals surface area contributed by atoms with Crippen molar-refractivity contribution in [1.82, 2.24) is 0 Å². The van der Waals surface area contributed by atoms with E-state index in [1.165, 1.54) is 0 Å². The second-order valence-corrected chi connectivity index (χ2v) is 6.78. The average molecular weight is 378 g/mol. The number of aliphatic imine (C=N–C) groups is 1. The van der Waals surface area contributed by atoms with Crippen molar-refractivity contribution in [3.8, 4) is 17.2 Å². The summed E-state index contributed by atoms with van der Waals surface area (Å²) in [6.45, 7) is 0. The van der Waals surface area contributed by atoms with Crippen molar-refractivity contribution in [2.24, 2.45) is 4.99 Å². The zero-order valence-corrected chi connectivity index (χ0v) is 16.1. The van der Waals surface area contributed by atoms with Crippen molar-refractivity contribution in [1.29, 1.82) is 0 Å². The van der Waals surface area contributed by atoms with Gasteiger partial charge in [-0.3, -0.25) is 9.79 Å². The fourth-order valence-corrected chi connectivity index (χ4v) is 3.76. The fourth-order valence-electron chi connectivity index (χ4n) is 3.76.